The molecule has 0 unspecified atom stereocenters. The van der Waals surface area contributed by atoms with Crippen LogP contribution in [0.2, 0.25) is 0 Å². The first kappa shape index (κ1) is 17.9. The Kier molecular flexibility index (Phi) is 5.71. The van der Waals surface area contributed by atoms with Gasteiger partial charge in [0.05, 0.1) is 10.5 Å². The van der Waals surface area contributed by atoms with Gasteiger partial charge in [-0.1, -0.05) is 30.3 Å². The molecule has 0 saturated carbocycles. The normalized spacial score (nSPS) is 18.2. The Morgan fingerprint density at radius 1 is 1.24 bits per heavy atom. The number of benzene rings is 2. The summed E-state index contributed by atoms with van der Waals surface area (Å²) in [6.45, 7) is 2.20. The van der Waals surface area contributed by atoms with Crippen molar-refractivity contribution in [1.82, 2.24) is 9.80 Å². The van der Waals surface area contributed by atoms with Crippen LogP contribution in [0.25, 0.3) is 0 Å². The van der Waals surface area contributed by atoms with E-state index in [0.717, 1.165) is 18.7 Å². The van der Waals surface area contributed by atoms with Crippen molar-refractivity contribution in [2.75, 3.05) is 33.3 Å². The molecule has 0 bridgehead atoms. The lowest BCUT2D eigenvalue weighted by molar-refractivity contribution is -0.138. The van der Waals surface area contributed by atoms with Crippen molar-refractivity contribution in [1.29, 1.82) is 0 Å². The number of nitrogens with zero attached hydrogens (tertiary/aromatic N) is 2. The van der Waals surface area contributed by atoms with Crippen LogP contribution < -0.4 is 4.74 Å². The number of ether oxygens (including phenoxy) is 1. The van der Waals surface area contributed by atoms with Crippen LogP contribution in [0.4, 0.5) is 4.39 Å². The van der Waals surface area contributed by atoms with Gasteiger partial charge >= 0.3 is 0 Å². The van der Waals surface area contributed by atoms with Crippen molar-refractivity contribution < 1.29 is 13.9 Å². The molecule has 25 heavy (non-hydrogen) atoms. The number of hydrogen-bond donors (Lipinski definition) is 0. The summed E-state index contributed by atoms with van der Waals surface area (Å²) < 4.78 is 19.2. The van der Waals surface area contributed by atoms with Crippen molar-refractivity contribution in [3.63, 3.8) is 0 Å². The zero-order valence-electron chi connectivity index (χ0n) is 14.0. The molecule has 0 spiro atoms. The van der Waals surface area contributed by atoms with Gasteiger partial charge in [-0.05, 0) is 46.7 Å². The van der Waals surface area contributed by atoms with E-state index in [1.54, 1.807) is 0 Å². The van der Waals surface area contributed by atoms with Crippen LogP contribution in [0.5, 0.6) is 5.75 Å². The first-order valence-electron chi connectivity index (χ1n) is 8.15. The average molecular weight is 407 g/mol. The molecule has 4 nitrogen and oxygen atoms in total. The third-order valence-corrected chi connectivity index (χ3v) is 4.95. The molecule has 0 radical (unpaired) electrons. The third-order valence-electron chi connectivity index (χ3n) is 4.33. The Morgan fingerprint density at radius 3 is 2.72 bits per heavy atom. The fourth-order valence-corrected chi connectivity index (χ4v) is 3.46. The zero-order valence-corrected chi connectivity index (χ0v) is 15.6. The topological polar surface area (TPSA) is 32.8 Å². The second kappa shape index (κ2) is 7.97. The second-order valence-electron chi connectivity index (χ2n) is 6.14. The third kappa shape index (κ3) is 4.38. The van der Waals surface area contributed by atoms with Gasteiger partial charge in [-0.15, -0.1) is 0 Å². The first-order valence-corrected chi connectivity index (χ1v) is 8.94. The van der Waals surface area contributed by atoms with Crippen molar-refractivity contribution in [2.45, 2.75) is 6.04 Å². The van der Waals surface area contributed by atoms with Crippen molar-refractivity contribution in [3.05, 3.63) is 64.4 Å². The summed E-state index contributed by atoms with van der Waals surface area (Å²) in [5, 5.41) is 0. The van der Waals surface area contributed by atoms with Crippen LogP contribution in [-0.4, -0.2) is 49.0 Å². The van der Waals surface area contributed by atoms with E-state index < -0.39 is 0 Å². The molecule has 1 aliphatic heterocycles. The minimum atomic E-state index is -0.353. The maximum atomic E-state index is 13.1. The van der Waals surface area contributed by atoms with E-state index in [-0.39, 0.29) is 24.4 Å². The number of hydrogen-bond acceptors (Lipinski definition) is 3. The van der Waals surface area contributed by atoms with E-state index in [1.807, 2.05) is 35.2 Å². The Morgan fingerprint density at radius 2 is 2.00 bits per heavy atom. The van der Waals surface area contributed by atoms with Gasteiger partial charge in [0.2, 0.25) is 0 Å². The number of rotatable bonds is 4. The van der Waals surface area contributed by atoms with E-state index in [0.29, 0.717) is 16.8 Å². The fraction of sp³-hybridized carbons (Fsp3) is 0.316. The Balaban J connectivity index is 1.70. The van der Waals surface area contributed by atoms with Gasteiger partial charge in [0.1, 0.15) is 11.6 Å². The van der Waals surface area contributed by atoms with Crippen molar-refractivity contribution in [2.24, 2.45) is 0 Å². The maximum Gasteiger partial charge on any atom is 0.261 e. The monoisotopic (exact) mass is 406 g/mol. The predicted octanol–water partition coefficient (Wildman–Crippen LogP) is 3.48. The van der Waals surface area contributed by atoms with E-state index >= 15 is 0 Å². The number of amides is 1. The van der Waals surface area contributed by atoms with E-state index in [1.165, 1.54) is 18.2 Å². The average Bonchev–Trinajstić information content (AvgIpc) is 2.61. The van der Waals surface area contributed by atoms with Gasteiger partial charge in [0.15, 0.2) is 6.61 Å². The fourth-order valence-electron chi connectivity index (χ4n) is 2.99. The summed E-state index contributed by atoms with van der Waals surface area (Å²) in [7, 11) is 2.06. The molecule has 3 rings (SSSR count). The Bertz CT molecular complexity index is 741. The van der Waals surface area contributed by atoms with Crippen LogP contribution in [-0.2, 0) is 4.79 Å². The zero-order chi connectivity index (χ0) is 17.8. The quantitative estimate of drug-likeness (QED) is 0.778. The largest absolute Gasteiger partial charge is 0.483 e. The standard InChI is InChI=1S/C19H20BrFN2O2/c1-22-9-10-23(17(12-22)14-5-3-2-4-6-14)19(24)13-25-18-8-7-15(21)11-16(18)20/h2-8,11,17H,9-10,12-13H2,1H3/t17-/m0/s1. The van der Waals surface area contributed by atoms with Gasteiger partial charge in [0, 0.05) is 19.6 Å². The SMILES string of the molecule is CN1CCN(C(=O)COc2ccc(F)cc2Br)[C@H](c2ccccc2)C1. The van der Waals surface area contributed by atoms with Gasteiger partial charge in [0.25, 0.3) is 5.91 Å². The summed E-state index contributed by atoms with van der Waals surface area (Å²) in [6, 6.07) is 14.2. The van der Waals surface area contributed by atoms with Crippen LogP contribution in [0, 0.1) is 5.82 Å². The lowest BCUT2D eigenvalue weighted by Gasteiger charge is -2.40. The molecular weight excluding hydrogens is 387 g/mol. The van der Waals surface area contributed by atoms with E-state index in [9.17, 15) is 9.18 Å². The van der Waals surface area contributed by atoms with Crippen LogP contribution >= 0.6 is 15.9 Å². The Hall–Kier alpha value is -1.92. The molecule has 2 aromatic rings. The van der Waals surface area contributed by atoms with Gasteiger partial charge in [-0.3, -0.25) is 4.79 Å². The number of carbonyl (C=O) groups is 1. The van der Waals surface area contributed by atoms with Crippen LogP contribution in [0.3, 0.4) is 0 Å². The number of piperazine rings is 1. The van der Waals surface area contributed by atoms with Crippen molar-refractivity contribution >= 4 is 21.8 Å². The molecule has 1 fully saturated rings. The summed E-state index contributed by atoms with van der Waals surface area (Å²) in [6.07, 6.45) is 0. The highest BCUT2D eigenvalue weighted by atomic mass is 79.9. The smallest absolute Gasteiger partial charge is 0.261 e. The predicted molar refractivity (Wildman–Crippen MR) is 98.0 cm³/mol. The van der Waals surface area contributed by atoms with Gasteiger partial charge < -0.3 is 14.5 Å². The maximum absolute atomic E-state index is 13.1. The minimum absolute atomic E-state index is 0.00714. The summed E-state index contributed by atoms with van der Waals surface area (Å²) in [5.74, 6) is 0.0343. The summed E-state index contributed by atoms with van der Waals surface area (Å²) >= 11 is 3.25. The first-order chi connectivity index (χ1) is 12.0. The van der Waals surface area contributed by atoms with Crippen LogP contribution in [0.1, 0.15) is 11.6 Å². The molecule has 6 heteroatoms. The number of carbonyl (C=O) groups excluding carboxylic acids is 1. The molecule has 1 saturated heterocycles. The van der Waals surface area contributed by atoms with Gasteiger partial charge in [-0.2, -0.15) is 0 Å². The minimum Gasteiger partial charge on any atom is -0.483 e. The second-order valence-corrected chi connectivity index (χ2v) is 6.99. The molecule has 0 aliphatic carbocycles. The molecule has 2 aromatic carbocycles. The molecule has 1 heterocycles. The number of halogens is 2. The van der Waals surface area contributed by atoms with Crippen molar-refractivity contribution in [3.8, 4) is 5.75 Å². The summed E-state index contributed by atoms with van der Waals surface area (Å²) in [4.78, 5) is 16.8. The molecule has 1 aliphatic rings. The molecule has 0 N–H and O–H groups in total. The highest BCUT2D eigenvalue weighted by Gasteiger charge is 2.30. The molecular formula is C19H20BrFN2O2. The van der Waals surface area contributed by atoms with E-state index in [2.05, 4.69) is 27.9 Å². The molecule has 1 atom stereocenters. The molecule has 1 amide bonds. The highest BCUT2D eigenvalue weighted by molar-refractivity contribution is 9.10. The van der Waals surface area contributed by atoms with Crippen LogP contribution in [0.15, 0.2) is 53.0 Å². The van der Waals surface area contributed by atoms with Gasteiger partial charge in [-0.25, -0.2) is 4.39 Å². The lowest BCUT2D eigenvalue weighted by atomic mass is 10.0. The molecule has 132 valence electrons. The lowest BCUT2D eigenvalue weighted by Crippen LogP contribution is -2.50. The molecule has 0 aromatic heterocycles. The Labute approximate surface area is 155 Å². The summed E-state index contributed by atoms with van der Waals surface area (Å²) in [5.41, 5.74) is 1.12. The van der Waals surface area contributed by atoms with E-state index in [4.69, 9.17) is 4.74 Å². The highest BCUT2D eigenvalue weighted by Crippen LogP contribution is 2.27. The number of likely N-dealkylation sites (N-methyl/N-ethyl adjacent to an activating group) is 1.